The Hall–Kier alpha value is -4.16. The first-order chi connectivity index (χ1) is 16.3. The average Bonchev–Trinajstić information content (AvgIpc) is 3.45. The van der Waals surface area contributed by atoms with Crippen LogP contribution in [-0.4, -0.2) is 49.1 Å². The van der Waals surface area contributed by atoms with Crippen LogP contribution in [0.15, 0.2) is 46.1 Å². The normalized spacial score (nSPS) is 11.5. The summed E-state index contributed by atoms with van der Waals surface area (Å²) in [5.74, 6) is -0.459. The molecule has 14 heteroatoms. The molecule has 174 valence electrons. The standard InChI is InChI=1S/C20H16Cl2N8O4/c1-9(10-4-6-14(31)15(8-10)33-2)24-26-20(32)16-17(11-3-5-12(21)13(22)7-11)30(29-25-16)19-18(23)27-34-28-19/h3-8,31H,1-2H3,(H2,23,27)(H,26,32)/b24-9+. The lowest BCUT2D eigenvalue weighted by atomic mass is 10.1. The second kappa shape index (κ2) is 9.37. The molecule has 12 nitrogen and oxygen atoms in total. The summed E-state index contributed by atoms with van der Waals surface area (Å²) in [4.78, 5) is 13.0. The molecular formula is C20H16Cl2N8O4. The zero-order valence-electron chi connectivity index (χ0n) is 17.7. The Labute approximate surface area is 201 Å². The number of nitrogens with zero attached hydrogens (tertiary/aromatic N) is 6. The highest BCUT2D eigenvalue weighted by atomic mass is 35.5. The molecule has 4 aromatic rings. The maximum atomic E-state index is 13.0. The van der Waals surface area contributed by atoms with Crippen molar-refractivity contribution in [2.24, 2.45) is 5.10 Å². The third-order valence-electron chi connectivity index (χ3n) is 4.70. The summed E-state index contributed by atoms with van der Waals surface area (Å²) in [6.45, 7) is 1.67. The zero-order chi connectivity index (χ0) is 24.4. The molecule has 0 saturated carbocycles. The molecule has 34 heavy (non-hydrogen) atoms. The van der Waals surface area contributed by atoms with Gasteiger partial charge in [-0.3, -0.25) is 4.79 Å². The van der Waals surface area contributed by atoms with E-state index in [0.29, 0.717) is 21.9 Å². The highest BCUT2D eigenvalue weighted by Crippen LogP contribution is 2.32. The van der Waals surface area contributed by atoms with Gasteiger partial charge in [-0.2, -0.15) is 9.78 Å². The molecule has 0 aliphatic heterocycles. The fourth-order valence-electron chi connectivity index (χ4n) is 2.98. The number of nitrogens with two attached hydrogens (primary N) is 1. The molecule has 4 N–H and O–H groups in total. The van der Waals surface area contributed by atoms with Gasteiger partial charge in [0, 0.05) is 11.1 Å². The predicted octanol–water partition coefficient (Wildman–Crippen LogP) is 3.07. The SMILES string of the molecule is COc1cc(/C(C)=N/NC(=O)c2nnn(-c3nonc3N)c2-c2ccc(Cl)c(Cl)c2)ccc1O. The van der Waals surface area contributed by atoms with E-state index in [9.17, 15) is 9.90 Å². The Morgan fingerprint density at radius 1 is 1.21 bits per heavy atom. The minimum Gasteiger partial charge on any atom is -0.504 e. The fourth-order valence-corrected chi connectivity index (χ4v) is 3.28. The maximum Gasteiger partial charge on any atom is 0.294 e. The van der Waals surface area contributed by atoms with E-state index in [2.05, 4.69) is 35.8 Å². The topological polar surface area (TPSA) is 167 Å². The van der Waals surface area contributed by atoms with E-state index in [0.717, 1.165) is 0 Å². The van der Waals surface area contributed by atoms with Crippen molar-refractivity contribution in [3.05, 3.63) is 57.7 Å². The number of nitrogens with one attached hydrogen (secondary N) is 1. The number of halogens is 2. The first-order valence-electron chi connectivity index (χ1n) is 9.51. The molecule has 0 fully saturated rings. The minimum absolute atomic E-state index is 0.0208. The van der Waals surface area contributed by atoms with E-state index in [1.54, 1.807) is 31.2 Å². The summed E-state index contributed by atoms with van der Waals surface area (Å²) in [5, 5.41) is 29.7. The van der Waals surface area contributed by atoms with Crippen molar-refractivity contribution < 1.29 is 19.3 Å². The quantitative estimate of drug-likeness (QED) is 0.265. The lowest BCUT2D eigenvalue weighted by molar-refractivity contribution is 0.0950. The average molecular weight is 503 g/mol. The molecule has 0 spiro atoms. The Morgan fingerprint density at radius 3 is 2.68 bits per heavy atom. The minimum atomic E-state index is -0.674. The van der Waals surface area contributed by atoms with Crippen LogP contribution in [0, 0.1) is 0 Å². The Morgan fingerprint density at radius 2 is 2.00 bits per heavy atom. The van der Waals surface area contributed by atoms with Gasteiger partial charge in [-0.15, -0.1) is 5.10 Å². The van der Waals surface area contributed by atoms with Crippen LogP contribution in [0.1, 0.15) is 23.0 Å². The number of aromatic nitrogens is 5. The summed E-state index contributed by atoms with van der Waals surface area (Å²) in [6, 6.07) is 9.39. The Balaban J connectivity index is 1.72. The van der Waals surface area contributed by atoms with E-state index in [1.165, 1.54) is 23.9 Å². The second-order valence-corrected chi connectivity index (χ2v) is 7.64. The molecule has 0 atom stereocenters. The number of aromatic hydroxyl groups is 1. The van der Waals surface area contributed by atoms with E-state index in [4.69, 9.17) is 33.7 Å². The van der Waals surface area contributed by atoms with Crippen LogP contribution < -0.4 is 15.9 Å². The van der Waals surface area contributed by atoms with Crippen molar-refractivity contribution >= 4 is 40.6 Å². The van der Waals surface area contributed by atoms with Crippen LogP contribution in [0.3, 0.4) is 0 Å². The van der Waals surface area contributed by atoms with Crippen LogP contribution in [0.25, 0.3) is 17.1 Å². The Kier molecular flexibility index (Phi) is 6.34. The van der Waals surface area contributed by atoms with E-state index in [1.807, 2.05) is 0 Å². The maximum absolute atomic E-state index is 13.0. The number of hydrogen-bond acceptors (Lipinski definition) is 10. The van der Waals surface area contributed by atoms with Gasteiger partial charge in [0.2, 0.25) is 11.6 Å². The van der Waals surface area contributed by atoms with Gasteiger partial charge < -0.3 is 15.6 Å². The number of benzene rings is 2. The zero-order valence-corrected chi connectivity index (χ0v) is 19.2. The number of rotatable bonds is 6. The smallest absolute Gasteiger partial charge is 0.294 e. The molecule has 0 bridgehead atoms. The first-order valence-corrected chi connectivity index (χ1v) is 10.3. The molecule has 0 aliphatic carbocycles. The number of phenols is 1. The molecule has 0 saturated heterocycles. The van der Waals surface area contributed by atoms with Crippen LogP contribution in [0.2, 0.25) is 10.0 Å². The summed E-state index contributed by atoms with van der Waals surface area (Å²) in [5.41, 5.74) is 9.87. The van der Waals surface area contributed by atoms with Gasteiger partial charge in [0.05, 0.1) is 22.9 Å². The van der Waals surface area contributed by atoms with Crippen LogP contribution in [0.4, 0.5) is 5.82 Å². The van der Waals surface area contributed by atoms with Crippen LogP contribution in [0.5, 0.6) is 11.5 Å². The molecule has 0 aliphatic rings. The third-order valence-corrected chi connectivity index (χ3v) is 5.44. The Bertz CT molecular complexity index is 1420. The number of anilines is 1. The van der Waals surface area contributed by atoms with E-state index in [-0.39, 0.29) is 39.5 Å². The van der Waals surface area contributed by atoms with E-state index < -0.39 is 5.91 Å². The number of carbonyl (C=O) groups is 1. The number of amides is 1. The van der Waals surface area contributed by atoms with Gasteiger partial charge in [0.25, 0.3) is 5.91 Å². The summed E-state index contributed by atoms with van der Waals surface area (Å²) >= 11 is 12.2. The molecule has 2 aromatic carbocycles. The molecule has 0 unspecified atom stereocenters. The number of ether oxygens (including phenoxy) is 1. The summed E-state index contributed by atoms with van der Waals surface area (Å²) < 4.78 is 10.9. The fraction of sp³-hybridized carbons (Fsp3) is 0.100. The predicted molar refractivity (Wildman–Crippen MR) is 123 cm³/mol. The molecule has 2 aromatic heterocycles. The molecule has 0 radical (unpaired) electrons. The molecular weight excluding hydrogens is 487 g/mol. The number of nitrogen functional groups attached to an aromatic ring is 1. The van der Waals surface area contributed by atoms with Gasteiger partial charge in [-0.05, 0) is 47.6 Å². The largest absolute Gasteiger partial charge is 0.504 e. The van der Waals surface area contributed by atoms with Crippen LogP contribution in [-0.2, 0) is 0 Å². The summed E-state index contributed by atoms with van der Waals surface area (Å²) in [6.07, 6.45) is 0. The number of carbonyl (C=O) groups excluding carboxylic acids is 1. The van der Waals surface area contributed by atoms with Gasteiger partial charge in [-0.1, -0.05) is 34.5 Å². The second-order valence-electron chi connectivity index (χ2n) is 6.83. The van der Waals surface area contributed by atoms with Gasteiger partial charge in [0.15, 0.2) is 17.2 Å². The molecule has 4 rings (SSSR count). The van der Waals surface area contributed by atoms with Gasteiger partial charge in [0.1, 0.15) is 5.69 Å². The third kappa shape index (κ3) is 4.36. The monoisotopic (exact) mass is 502 g/mol. The van der Waals surface area contributed by atoms with Crippen molar-refractivity contribution in [1.82, 2.24) is 30.7 Å². The van der Waals surface area contributed by atoms with Gasteiger partial charge in [-0.25, -0.2) is 10.1 Å². The molecule has 1 amide bonds. The highest BCUT2D eigenvalue weighted by molar-refractivity contribution is 6.42. The highest BCUT2D eigenvalue weighted by Gasteiger charge is 2.25. The van der Waals surface area contributed by atoms with Crippen molar-refractivity contribution in [3.8, 4) is 28.6 Å². The summed E-state index contributed by atoms with van der Waals surface area (Å²) in [7, 11) is 1.43. The number of phenolic OH excluding ortho intramolecular Hbond substituents is 1. The lowest BCUT2D eigenvalue weighted by Gasteiger charge is -2.08. The lowest BCUT2D eigenvalue weighted by Crippen LogP contribution is -2.21. The van der Waals surface area contributed by atoms with Gasteiger partial charge >= 0.3 is 0 Å². The first kappa shape index (κ1) is 23.0. The number of hydrogen-bond donors (Lipinski definition) is 3. The van der Waals surface area contributed by atoms with Crippen LogP contribution >= 0.6 is 23.2 Å². The number of hydrazone groups is 1. The molecule has 2 heterocycles. The van der Waals surface area contributed by atoms with Crippen molar-refractivity contribution in [1.29, 1.82) is 0 Å². The number of methoxy groups -OCH3 is 1. The van der Waals surface area contributed by atoms with Crippen molar-refractivity contribution in [3.63, 3.8) is 0 Å². The van der Waals surface area contributed by atoms with Crippen molar-refractivity contribution in [2.75, 3.05) is 12.8 Å². The van der Waals surface area contributed by atoms with Crippen molar-refractivity contribution in [2.45, 2.75) is 6.92 Å². The van der Waals surface area contributed by atoms with E-state index >= 15 is 0 Å².